The topological polar surface area (TPSA) is 240 Å². The summed E-state index contributed by atoms with van der Waals surface area (Å²) in [5.41, 5.74) is 3.45. The Balaban J connectivity index is 0.797. The number of carbonyl (C=O) groups is 4. The predicted octanol–water partition coefficient (Wildman–Crippen LogP) is 7.93. The fourth-order valence-electron chi connectivity index (χ4n) is 8.70. The highest BCUT2D eigenvalue weighted by Gasteiger charge is 2.27. The van der Waals surface area contributed by atoms with Gasteiger partial charge in [0.25, 0.3) is 11.5 Å². The Labute approximate surface area is 386 Å². The number of hydrogen-bond acceptors (Lipinski definition) is 15. The third-order valence-electron chi connectivity index (χ3n) is 12.1. The summed E-state index contributed by atoms with van der Waals surface area (Å²) in [5.74, 6) is -0.0857. The molecule has 1 saturated carbocycles. The van der Waals surface area contributed by atoms with Gasteiger partial charge in [0.1, 0.15) is 17.2 Å². The molecule has 2 aliphatic rings. The van der Waals surface area contributed by atoms with Gasteiger partial charge in [0.15, 0.2) is 10.9 Å². The number of thiazole rings is 1. The number of benzene rings is 1. The Kier molecular flexibility index (Phi) is 15.3. The Bertz CT molecular complexity index is 2670. The second-order valence-electron chi connectivity index (χ2n) is 16.9. The lowest BCUT2D eigenvalue weighted by Crippen LogP contribution is -2.48. The highest BCUT2D eigenvalue weighted by atomic mass is 32.1. The van der Waals surface area contributed by atoms with Gasteiger partial charge in [-0.25, -0.2) is 15.0 Å². The molecule has 0 spiro atoms. The summed E-state index contributed by atoms with van der Waals surface area (Å²) >= 11 is 0.770. The largest absolute Gasteiger partial charge is 0.385 e. The minimum absolute atomic E-state index is 0.00784. The average Bonchev–Trinajstić information content (AvgIpc) is 3.95. The van der Waals surface area contributed by atoms with E-state index in [0.29, 0.717) is 73.2 Å². The van der Waals surface area contributed by atoms with Gasteiger partial charge in [0.05, 0.1) is 33.6 Å². The number of rotatable bonds is 19. The maximum atomic E-state index is 13.6. The summed E-state index contributed by atoms with van der Waals surface area (Å²) in [6.45, 7) is 9.45. The summed E-state index contributed by atoms with van der Waals surface area (Å²) < 4.78 is 1.70. The fourth-order valence-corrected chi connectivity index (χ4v) is 9.48. The minimum Gasteiger partial charge on any atom is -0.385 e. The van der Waals surface area contributed by atoms with Crippen LogP contribution in [0.25, 0.3) is 11.0 Å². The molecule has 19 nitrogen and oxygen atoms in total. The van der Waals surface area contributed by atoms with E-state index >= 15 is 0 Å². The van der Waals surface area contributed by atoms with E-state index in [9.17, 15) is 34.1 Å². The summed E-state index contributed by atoms with van der Waals surface area (Å²) in [4.78, 5) is 96.8. The zero-order chi connectivity index (χ0) is 46.9. The van der Waals surface area contributed by atoms with E-state index < -0.39 is 10.8 Å². The average molecular weight is 921 g/mol. The van der Waals surface area contributed by atoms with Crippen molar-refractivity contribution in [2.75, 3.05) is 58.9 Å². The van der Waals surface area contributed by atoms with E-state index in [4.69, 9.17) is 4.98 Å². The van der Waals surface area contributed by atoms with Gasteiger partial charge in [-0.1, -0.05) is 38.5 Å². The highest BCUT2D eigenvalue weighted by Crippen LogP contribution is 2.33. The van der Waals surface area contributed by atoms with E-state index in [1.807, 2.05) is 17.0 Å². The molecule has 4 N–H and O–H groups in total. The van der Waals surface area contributed by atoms with Crippen molar-refractivity contribution in [2.45, 2.75) is 104 Å². The van der Waals surface area contributed by atoms with Crippen LogP contribution in [0.4, 0.5) is 39.0 Å². The van der Waals surface area contributed by atoms with Crippen molar-refractivity contribution in [3.63, 3.8) is 0 Å². The molecule has 2 fully saturated rings. The molecule has 4 aromatic heterocycles. The first-order chi connectivity index (χ1) is 31.8. The van der Waals surface area contributed by atoms with E-state index in [1.54, 1.807) is 42.1 Å². The number of anilines is 6. The van der Waals surface area contributed by atoms with Crippen molar-refractivity contribution in [1.82, 2.24) is 29.4 Å². The van der Waals surface area contributed by atoms with Crippen LogP contribution in [0.15, 0.2) is 47.5 Å². The van der Waals surface area contributed by atoms with Gasteiger partial charge in [-0.2, -0.15) is 4.98 Å². The smallest absolute Gasteiger partial charge is 0.348 e. The molecule has 7 rings (SSSR count). The molecule has 0 unspecified atom stereocenters. The summed E-state index contributed by atoms with van der Waals surface area (Å²) in [6, 6.07) is 8.86. The summed E-state index contributed by atoms with van der Waals surface area (Å²) in [7, 11) is 0. The van der Waals surface area contributed by atoms with Crippen LogP contribution in [0.2, 0.25) is 0 Å². The Morgan fingerprint density at radius 1 is 0.879 bits per heavy atom. The molecule has 0 radical (unpaired) electrons. The maximum Gasteiger partial charge on any atom is 0.348 e. The van der Waals surface area contributed by atoms with Crippen LogP contribution in [0.3, 0.4) is 0 Å². The second-order valence-corrected chi connectivity index (χ2v) is 17.8. The van der Waals surface area contributed by atoms with Crippen molar-refractivity contribution >= 4 is 84.8 Å². The van der Waals surface area contributed by atoms with Gasteiger partial charge >= 0.3 is 5.00 Å². The summed E-state index contributed by atoms with van der Waals surface area (Å²) in [6.07, 6.45) is 13.6. The van der Waals surface area contributed by atoms with Crippen LogP contribution in [-0.4, -0.2) is 90.6 Å². The van der Waals surface area contributed by atoms with Gasteiger partial charge in [0, 0.05) is 69.4 Å². The zero-order valence-electron chi connectivity index (χ0n) is 37.8. The van der Waals surface area contributed by atoms with Gasteiger partial charge in [0.2, 0.25) is 17.8 Å². The number of Topliss-reactive ketones (excluding diaryl/α,β-unsaturated/α-hetero) is 1. The monoisotopic (exact) mass is 920 g/mol. The molecule has 5 heterocycles. The number of nitrogens with zero attached hydrogens (tertiary/aromatic N) is 8. The van der Waals surface area contributed by atoms with Crippen molar-refractivity contribution in [3.05, 3.63) is 85.6 Å². The van der Waals surface area contributed by atoms with Crippen LogP contribution in [0.1, 0.15) is 122 Å². The molecule has 20 heteroatoms. The van der Waals surface area contributed by atoms with Crippen LogP contribution in [0, 0.1) is 24.0 Å². The van der Waals surface area contributed by atoms with Crippen LogP contribution in [-0.2, 0) is 9.59 Å². The van der Waals surface area contributed by atoms with Crippen molar-refractivity contribution in [1.29, 1.82) is 0 Å². The first-order valence-corrected chi connectivity index (χ1v) is 23.4. The number of piperazine rings is 1. The van der Waals surface area contributed by atoms with E-state index in [0.717, 1.165) is 86.9 Å². The summed E-state index contributed by atoms with van der Waals surface area (Å²) in [5, 5.41) is 23.6. The number of unbranched alkanes of at least 4 members (excludes halogenated alkanes) is 5. The lowest BCUT2D eigenvalue weighted by atomic mass is 10.0. The third kappa shape index (κ3) is 11.3. The number of nitrogens with one attached hydrogen (secondary N) is 4. The molecular weight excluding hydrogens is 865 g/mol. The van der Waals surface area contributed by atoms with Gasteiger partial charge in [-0.05, 0) is 93.7 Å². The number of ketones is 1. The van der Waals surface area contributed by atoms with Crippen LogP contribution < -0.4 is 31.7 Å². The van der Waals surface area contributed by atoms with Crippen molar-refractivity contribution in [2.24, 2.45) is 0 Å². The third-order valence-corrected chi connectivity index (χ3v) is 13.1. The van der Waals surface area contributed by atoms with Crippen LogP contribution >= 0.6 is 11.3 Å². The molecule has 3 amide bonds. The molecule has 5 aromatic rings. The number of carbonyl (C=O) groups excluding carboxylic acids is 4. The maximum absolute atomic E-state index is 13.6. The van der Waals surface area contributed by atoms with Crippen molar-refractivity contribution in [3.8, 4) is 0 Å². The van der Waals surface area contributed by atoms with Gasteiger partial charge in [-0.15, -0.1) is 0 Å². The number of pyridine rings is 2. The van der Waals surface area contributed by atoms with E-state index in [-0.39, 0.29) is 56.2 Å². The van der Waals surface area contributed by atoms with Gasteiger partial charge in [-0.3, -0.25) is 44.0 Å². The predicted molar refractivity (Wildman–Crippen MR) is 255 cm³/mol. The van der Waals surface area contributed by atoms with Crippen molar-refractivity contribution < 1.29 is 24.1 Å². The molecule has 1 aromatic carbocycles. The lowest BCUT2D eigenvalue weighted by molar-refractivity contribution is -0.380. The van der Waals surface area contributed by atoms with E-state index in [2.05, 4.69) is 41.1 Å². The number of aryl methyl sites for hydroxylation is 2. The number of aromatic nitrogens is 5. The SMILES string of the molecule is CC(=O)Nc1cc(NCCCCCCCCC(=O)N2CCN(c3ccc(Nc4ncc5c(C)c(C(C)=O)c(=O)n(C6CCCC6)c5n4)nc3)CC2)ccc1C(=O)Nc1nc(C)c([N+](=O)[O-])s1. The Hall–Kier alpha value is -6.83. The quantitative estimate of drug-likeness (QED) is 0.0266. The number of amides is 3. The first-order valence-electron chi connectivity index (χ1n) is 22.5. The molecule has 0 bridgehead atoms. The van der Waals surface area contributed by atoms with E-state index in [1.165, 1.54) is 20.8 Å². The molecule has 1 saturated heterocycles. The normalized spacial score (nSPS) is 14.1. The number of hydrogen-bond donors (Lipinski definition) is 4. The molecule has 1 aliphatic carbocycles. The lowest BCUT2D eigenvalue weighted by Gasteiger charge is -2.36. The second kappa shape index (κ2) is 21.4. The number of fused-ring (bicyclic) bond motifs is 1. The standard InChI is InChI=1S/C46H56N12O7S/c1-28-36-27-49-45(53-41(36)57(33-13-10-11-14-33)43(63)40(28)30(3)59)52-38-19-17-34(26-48-38)55-21-23-56(24-22-55)39(61)15-9-7-5-6-8-12-20-47-32-16-18-35(37(25-32)51-31(4)60)42(62)54-46-50-29(2)44(66-46)58(64)65/h16-19,25-27,33,47H,5-15,20-24H2,1-4H3,(H,51,60)(H,50,54,62)(H,48,49,52,53). The molecule has 66 heavy (non-hydrogen) atoms. The molecular formula is C46H56N12O7S. The zero-order valence-corrected chi connectivity index (χ0v) is 38.6. The highest BCUT2D eigenvalue weighted by molar-refractivity contribution is 7.19. The minimum atomic E-state index is -0.545. The van der Waals surface area contributed by atoms with Gasteiger partial charge < -0.3 is 25.8 Å². The molecule has 1 aliphatic heterocycles. The Morgan fingerprint density at radius 2 is 1.61 bits per heavy atom. The number of nitro groups is 1. The molecule has 0 atom stereocenters. The Morgan fingerprint density at radius 3 is 2.27 bits per heavy atom. The molecule has 348 valence electrons. The fraction of sp³-hybridized carbons (Fsp3) is 0.457. The van der Waals surface area contributed by atoms with Crippen LogP contribution in [0.5, 0.6) is 0 Å². The first kappa shape index (κ1) is 47.1.